The van der Waals surface area contributed by atoms with Crippen LogP contribution in [-0.4, -0.2) is 26.4 Å². The molecular formula is C29H17ClF5N5O2. The predicted molar refractivity (Wildman–Crippen MR) is 143 cm³/mol. The number of alkyl halides is 3. The summed E-state index contributed by atoms with van der Waals surface area (Å²) in [7, 11) is 0. The molecule has 0 saturated carbocycles. The van der Waals surface area contributed by atoms with Crippen molar-refractivity contribution in [3.63, 3.8) is 0 Å². The van der Waals surface area contributed by atoms with E-state index in [-0.39, 0.29) is 33.5 Å². The Labute approximate surface area is 239 Å². The summed E-state index contributed by atoms with van der Waals surface area (Å²) in [6.07, 6.45) is -1.72. The van der Waals surface area contributed by atoms with E-state index in [2.05, 4.69) is 20.7 Å². The van der Waals surface area contributed by atoms with Crippen molar-refractivity contribution in [1.29, 1.82) is 0 Å². The van der Waals surface area contributed by atoms with Crippen LogP contribution >= 0.6 is 11.6 Å². The molecule has 13 heteroatoms. The Morgan fingerprint density at radius 2 is 1.81 bits per heavy atom. The number of aryl methyl sites for hydroxylation is 1. The highest BCUT2D eigenvalue weighted by Crippen LogP contribution is 2.42. The number of carbonyl (C=O) groups excluding carboxylic acids is 2. The monoisotopic (exact) mass is 597 g/mol. The Bertz CT molecular complexity index is 1940. The summed E-state index contributed by atoms with van der Waals surface area (Å²) < 4.78 is 69.8. The van der Waals surface area contributed by atoms with E-state index in [1.54, 1.807) is 19.2 Å². The lowest BCUT2D eigenvalue weighted by Gasteiger charge is -2.19. The van der Waals surface area contributed by atoms with E-state index < -0.39 is 46.8 Å². The maximum absolute atomic E-state index is 14.2. The van der Waals surface area contributed by atoms with Gasteiger partial charge in [-0.1, -0.05) is 11.6 Å². The molecule has 2 amide bonds. The Morgan fingerprint density at radius 3 is 2.57 bits per heavy atom. The molecule has 2 N–H and O–H groups in total. The molecule has 5 aromatic rings. The molecule has 1 unspecified atom stereocenters. The Morgan fingerprint density at radius 1 is 1.02 bits per heavy atom. The maximum atomic E-state index is 14.2. The molecule has 3 aromatic carbocycles. The minimum absolute atomic E-state index is 0.00532. The molecule has 42 heavy (non-hydrogen) atoms. The molecule has 1 aliphatic heterocycles. The number of nitrogens with one attached hydrogen (secondary N) is 2. The number of hydrogen-bond acceptors (Lipinski definition) is 4. The van der Waals surface area contributed by atoms with Crippen LogP contribution in [0.3, 0.4) is 0 Å². The summed E-state index contributed by atoms with van der Waals surface area (Å²) >= 11 is 6.34. The molecule has 6 rings (SSSR count). The van der Waals surface area contributed by atoms with Gasteiger partial charge in [-0.15, -0.1) is 0 Å². The van der Waals surface area contributed by atoms with Crippen molar-refractivity contribution in [2.45, 2.75) is 19.1 Å². The fraction of sp³-hybridized carbons (Fsp3) is 0.103. The third-order valence-corrected chi connectivity index (χ3v) is 7.11. The summed E-state index contributed by atoms with van der Waals surface area (Å²) in [5.74, 6) is -3.53. The molecule has 0 fully saturated rings. The summed E-state index contributed by atoms with van der Waals surface area (Å²) in [5, 5.41) is 9.70. The van der Waals surface area contributed by atoms with E-state index in [1.165, 1.54) is 28.9 Å². The second kappa shape index (κ2) is 9.91. The first kappa shape index (κ1) is 27.3. The molecule has 7 nitrogen and oxygen atoms in total. The molecule has 0 aliphatic carbocycles. The number of anilines is 1. The first-order valence-electron chi connectivity index (χ1n) is 12.3. The number of benzene rings is 3. The zero-order valence-corrected chi connectivity index (χ0v) is 22.1. The van der Waals surface area contributed by atoms with Crippen molar-refractivity contribution in [3.8, 4) is 11.1 Å². The normalized spacial score (nSPS) is 14.6. The molecule has 2 aromatic heterocycles. The second-order valence-electron chi connectivity index (χ2n) is 9.67. The number of rotatable bonds is 4. The summed E-state index contributed by atoms with van der Waals surface area (Å²) in [6.45, 7) is 1.79. The van der Waals surface area contributed by atoms with Crippen LogP contribution in [-0.2, 0) is 6.18 Å². The second-order valence-corrected chi connectivity index (χ2v) is 10.1. The molecule has 0 saturated heterocycles. The number of nitrogens with zero attached hydrogens (tertiary/aromatic N) is 3. The number of aromatic nitrogens is 3. The summed E-state index contributed by atoms with van der Waals surface area (Å²) in [4.78, 5) is 30.8. The third kappa shape index (κ3) is 4.94. The van der Waals surface area contributed by atoms with Gasteiger partial charge in [0.15, 0.2) is 5.65 Å². The molecule has 0 radical (unpaired) electrons. The van der Waals surface area contributed by atoms with Crippen LogP contribution in [0.15, 0.2) is 67.0 Å². The van der Waals surface area contributed by atoms with Gasteiger partial charge in [-0.3, -0.25) is 9.59 Å². The molecular weight excluding hydrogens is 581 g/mol. The van der Waals surface area contributed by atoms with Crippen molar-refractivity contribution in [3.05, 3.63) is 117 Å². The van der Waals surface area contributed by atoms with E-state index in [9.17, 15) is 31.5 Å². The zero-order chi connectivity index (χ0) is 29.9. The van der Waals surface area contributed by atoms with Crippen LogP contribution in [0.2, 0.25) is 5.02 Å². The number of halogens is 6. The van der Waals surface area contributed by atoms with E-state index in [1.807, 2.05) is 0 Å². The van der Waals surface area contributed by atoms with Crippen molar-refractivity contribution in [1.82, 2.24) is 19.9 Å². The topological polar surface area (TPSA) is 88.4 Å². The quantitative estimate of drug-likeness (QED) is 0.225. The first-order valence-corrected chi connectivity index (χ1v) is 12.7. The van der Waals surface area contributed by atoms with Crippen LogP contribution in [0.4, 0.5) is 27.6 Å². The minimum Gasteiger partial charge on any atom is -0.341 e. The van der Waals surface area contributed by atoms with Gasteiger partial charge < -0.3 is 10.6 Å². The fourth-order valence-electron chi connectivity index (χ4n) is 4.90. The highest BCUT2D eigenvalue weighted by molar-refractivity contribution is 6.31. The SMILES string of the molecule is Cc1cc2ncc(-c3cc(NC(=O)c4cc(F)cc(C(F)(F)F)c4)c4c(c3)C(=O)NC4c3cc(F)ccc3Cl)cn2n1. The van der Waals surface area contributed by atoms with Crippen LogP contribution in [0, 0.1) is 18.6 Å². The van der Waals surface area contributed by atoms with Gasteiger partial charge in [0.05, 0.1) is 17.3 Å². The number of hydrogen-bond donors (Lipinski definition) is 2. The fourth-order valence-corrected chi connectivity index (χ4v) is 5.12. The van der Waals surface area contributed by atoms with E-state index in [0.29, 0.717) is 34.6 Å². The average Bonchev–Trinajstić information content (AvgIpc) is 3.47. The van der Waals surface area contributed by atoms with Gasteiger partial charge in [0.25, 0.3) is 11.8 Å². The average molecular weight is 598 g/mol. The molecule has 0 spiro atoms. The zero-order valence-electron chi connectivity index (χ0n) is 21.4. The summed E-state index contributed by atoms with van der Waals surface area (Å²) in [6, 6.07) is 8.79. The van der Waals surface area contributed by atoms with Gasteiger partial charge in [0.1, 0.15) is 11.6 Å². The molecule has 0 bridgehead atoms. The van der Waals surface area contributed by atoms with Gasteiger partial charge in [0.2, 0.25) is 0 Å². The van der Waals surface area contributed by atoms with Gasteiger partial charge in [-0.25, -0.2) is 18.3 Å². The van der Waals surface area contributed by atoms with Crippen molar-refractivity contribution >= 4 is 34.7 Å². The smallest absolute Gasteiger partial charge is 0.341 e. The Balaban J connectivity index is 1.51. The molecule has 1 aliphatic rings. The molecule has 1 atom stereocenters. The standard InChI is InChI=1S/C29H17ClF5N5O2/c1-13-4-24-36-11-16(12-40(24)39-13)14-7-21-25(26(38-28(21)42)20-10-18(31)2-3-22(20)30)23(8-14)37-27(41)15-5-17(29(33,34)35)9-19(32)6-15/h2-12,26H,1H3,(H,37,41)(H,38,42). The Hall–Kier alpha value is -4.84. The maximum Gasteiger partial charge on any atom is 0.416 e. The van der Waals surface area contributed by atoms with Crippen molar-refractivity contribution in [2.75, 3.05) is 5.32 Å². The number of amides is 2. The van der Waals surface area contributed by atoms with E-state index in [4.69, 9.17) is 11.6 Å². The summed E-state index contributed by atoms with van der Waals surface area (Å²) in [5.41, 5.74) is 0.715. The largest absolute Gasteiger partial charge is 0.416 e. The van der Waals surface area contributed by atoms with Gasteiger partial charge >= 0.3 is 6.18 Å². The Kier molecular flexibility index (Phi) is 6.45. The lowest BCUT2D eigenvalue weighted by Crippen LogP contribution is -2.21. The van der Waals surface area contributed by atoms with Crippen LogP contribution in [0.1, 0.15) is 49.1 Å². The highest BCUT2D eigenvalue weighted by Gasteiger charge is 2.36. The number of carbonyl (C=O) groups is 2. The van der Waals surface area contributed by atoms with Gasteiger partial charge in [-0.2, -0.15) is 18.3 Å². The lowest BCUT2D eigenvalue weighted by molar-refractivity contribution is -0.137. The third-order valence-electron chi connectivity index (χ3n) is 6.76. The van der Waals surface area contributed by atoms with Crippen molar-refractivity contribution in [2.24, 2.45) is 0 Å². The van der Waals surface area contributed by atoms with Gasteiger partial charge in [-0.05, 0) is 61.0 Å². The van der Waals surface area contributed by atoms with Gasteiger partial charge in [0, 0.05) is 57.0 Å². The lowest BCUT2D eigenvalue weighted by atomic mass is 9.93. The molecule has 212 valence electrons. The highest BCUT2D eigenvalue weighted by atomic mass is 35.5. The van der Waals surface area contributed by atoms with Crippen molar-refractivity contribution < 1.29 is 31.5 Å². The molecule has 3 heterocycles. The van der Waals surface area contributed by atoms with E-state index >= 15 is 0 Å². The van der Waals surface area contributed by atoms with Crippen LogP contribution < -0.4 is 10.6 Å². The number of fused-ring (bicyclic) bond motifs is 2. The first-order chi connectivity index (χ1) is 19.9. The van der Waals surface area contributed by atoms with Crippen LogP contribution in [0.25, 0.3) is 16.8 Å². The van der Waals surface area contributed by atoms with Crippen LogP contribution in [0.5, 0.6) is 0 Å². The predicted octanol–water partition coefficient (Wildman–Crippen LogP) is 6.74. The minimum atomic E-state index is -4.90. The van der Waals surface area contributed by atoms with E-state index in [0.717, 1.165) is 12.1 Å².